The summed E-state index contributed by atoms with van der Waals surface area (Å²) in [7, 11) is 0. The molecule has 2 N–H and O–H groups in total. The van der Waals surface area contributed by atoms with Gasteiger partial charge in [-0.25, -0.2) is 14.2 Å². The number of aromatic nitrogens is 6. The molecule has 3 aromatic heterocycles. The van der Waals surface area contributed by atoms with Crippen LogP contribution in [0.15, 0.2) is 35.3 Å². The van der Waals surface area contributed by atoms with Crippen LogP contribution in [0.4, 0.5) is 13.2 Å². The fraction of sp³-hybridized carbons (Fsp3) is 0.353. The van der Waals surface area contributed by atoms with Crippen molar-refractivity contribution in [3.8, 4) is 5.69 Å². The predicted molar refractivity (Wildman–Crippen MR) is 104 cm³/mol. The molecule has 0 aliphatic carbocycles. The Morgan fingerprint density at radius 1 is 1.27 bits per heavy atom. The van der Waals surface area contributed by atoms with Gasteiger partial charge < -0.3 is 10.4 Å². The van der Waals surface area contributed by atoms with Gasteiger partial charge in [0.05, 0.1) is 17.1 Å². The second-order valence-corrected chi connectivity index (χ2v) is 6.69. The number of halogens is 4. The number of hydrogen-bond donors (Lipinski definition) is 2. The van der Waals surface area contributed by atoms with Gasteiger partial charge in [0.2, 0.25) is 0 Å². The van der Waals surface area contributed by atoms with Gasteiger partial charge in [-0.15, -0.1) is 5.10 Å². The first-order chi connectivity index (χ1) is 14.1. The van der Waals surface area contributed by atoms with E-state index in [4.69, 9.17) is 9.90 Å². The smallest absolute Gasteiger partial charge is 0.475 e. The van der Waals surface area contributed by atoms with Crippen LogP contribution in [0.25, 0.3) is 5.69 Å². The first-order valence-corrected chi connectivity index (χ1v) is 9.47. The molecule has 0 radical (unpaired) electrons. The predicted octanol–water partition coefficient (Wildman–Crippen LogP) is 2.87. The zero-order valence-electron chi connectivity index (χ0n) is 16.1. The molecule has 0 saturated carbocycles. The van der Waals surface area contributed by atoms with Crippen LogP contribution in [0.1, 0.15) is 23.9 Å². The number of carboxylic acid groups (broad SMARTS) is 1. The number of nitrogens with one attached hydrogen (secondary N) is 1. The zero-order chi connectivity index (χ0) is 22.3. The molecule has 0 bridgehead atoms. The summed E-state index contributed by atoms with van der Waals surface area (Å²) >= 11 is 3.44. The molecule has 0 spiro atoms. The van der Waals surface area contributed by atoms with Gasteiger partial charge in [0.1, 0.15) is 0 Å². The fourth-order valence-electron chi connectivity index (χ4n) is 2.34. The van der Waals surface area contributed by atoms with E-state index in [1.807, 2.05) is 41.5 Å². The van der Waals surface area contributed by atoms with Crippen molar-refractivity contribution in [2.75, 3.05) is 0 Å². The molecule has 13 heteroatoms. The third-order valence-corrected chi connectivity index (χ3v) is 4.48. The van der Waals surface area contributed by atoms with E-state index in [9.17, 15) is 13.2 Å². The van der Waals surface area contributed by atoms with Gasteiger partial charge in [-0.05, 0) is 41.9 Å². The van der Waals surface area contributed by atoms with Crippen LogP contribution in [0.3, 0.4) is 0 Å². The van der Waals surface area contributed by atoms with Crippen LogP contribution < -0.4 is 5.32 Å². The second kappa shape index (κ2) is 10.3. The lowest BCUT2D eigenvalue weighted by Crippen LogP contribution is -2.21. The average molecular weight is 490 g/mol. The molecule has 0 atom stereocenters. The fourth-order valence-corrected chi connectivity index (χ4v) is 2.76. The number of hydrogen-bond acceptors (Lipinski definition) is 6. The molecule has 3 rings (SSSR count). The third kappa shape index (κ3) is 6.35. The molecule has 3 heterocycles. The Morgan fingerprint density at radius 3 is 2.47 bits per heavy atom. The monoisotopic (exact) mass is 489 g/mol. The van der Waals surface area contributed by atoms with Gasteiger partial charge in [0.15, 0.2) is 4.60 Å². The summed E-state index contributed by atoms with van der Waals surface area (Å²) in [5.74, 6) is -2.76. The number of nitrogens with zero attached hydrogens (tertiary/aromatic N) is 6. The molecule has 0 amide bonds. The van der Waals surface area contributed by atoms with Gasteiger partial charge in [-0.1, -0.05) is 5.21 Å². The Hall–Kier alpha value is -2.80. The number of carboxylic acids is 1. The lowest BCUT2D eigenvalue weighted by Gasteiger charge is -2.06. The summed E-state index contributed by atoms with van der Waals surface area (Å²) in [6, 6.07) is 3.87. The molecule has 162 valence electrons. The first kappa shape index (κ1) is 23.5. The lowest BCUT2D eigenvalue weighted by molar-refractivity contribution is -0.192. The minimum Gasteiger partial charge on any atom is -0.475 e. The van der Waals surface area contributed by atoms with E-state index in [-0.39, 0.29) is 0 Å². The highest BCUT2D eigenvalue weighted by Gasteiger charge is 2.38. The summed E-state index contributed by atoms with van der Waals surface area (Å²) in [5, 5.41) is 23.2. The summed E-state index contributed by atoms with van der Waals surface area (Å²) in [5.41, 5.74) is 4.22. The van der Waals surface area contributed by atoms with Crippen molar-refractivity contribution in [2.45, 2.75) is 39.7 Å². The van der Waals surface area contributed by atoms with E-state index in [2.05, 4.69) is 41.6 Å². The zero-order valence-corrected chi connectivity index (χ0v) is 17.6. The largest absolute Gasteiger partial charge is 0.490 e. The molecular weight excluding hydrogens is 471 g/mol. The highest BCUT2D eigenvalue weighted by atomic mass is 79.9. The molecule has 3 aromatic rings. The van der Waals surface area contributed by atoms with Crippen molar-refractivity contribution in [3.05, 3.63) is 52.3 Å². The van der Waals surface area contributed by atoms with E-state index < -0.39 is 12.1 Å². The van der Waals surface area contributed by atoms with Gasteiger partial charge in [-0.3, -0.25) is 4.98 Å². The quantitative estimate of drug-likeness (QED) is 0.547. The van der Waals surface area contributed by atoms with E-state index >= 15 is 0 Å². The van der Waals surface area contributed by atoms with E-state index in [1.165, 1.54) is 0 Å². The molecule has 0 fully saturated rings. The highest BCUT2D eigenvalue weighted by molar-refractivity contribution is 9.10. The van der Waals surface area contributed by atoms with Crippen LogP contribution >= 0.6 is 15.9 Å². The van der Waals surface area contributed by atoms with Crippen molar-refractivity contribution >= 4 is 21.9 Å². The molecule has 30 heavy (non-hydrogen) atoms. The van der Waals surface area contributed by atoms with Crippen molar-refractivity contribution < 1.29 is 23.1 Å². The number of pyridine rings is 1. The van der Waals surface area contributed by atoms with E-state index in [0.29, 0.717) is 6.54 Å². The topological polar surface area (TPSA) is 111 Å². The Morgan fingerprint density at radius 2 is 1.90 bits per heavy atom. The Labute approximate surface area is 178 Å². The van der Waals surface area contributed by atoms with Crippen LogP contribution in [-0.2, 0) is 24.4 Å². The van der Waals surface area contributed by atoms with Crippen LogP contribution in [0.2, 0.25) is 0 Å². The van der Waals surface area contributed by atoms with Gasteiger partial charge in [0, 0.05) is 43.8 Å². The van der Waals surface area contributed by atoms with Crippen LogP contribution in [0.5, 0.6) is 0 Å². The minimum atomic E-state index is -5.08. The summed E-state index contributed by atoms with van der Waals surface area (Å²) in [6.45, 7) is 6.30. The summed E-state index contributed by atoms with van der Waals surface area (Å²) in [6.07, 6.45) is 0.490. The van der Waals surface area contributed by atoms with Gasteiger partial charge in [-0.2, -0.15) is 18.3 Å². The SMILES string of the molecule is CCn1nnc(Br)c1CNCc1cn(-c2ccncc2)nc1C.O=C(O)C(F)(F)F. The maximum Gasteiger partial charge on any atom is 0.490 e. The number of alkyl halides is 3. The highest BCUT2D eigenvalue weighted by Crippen LogP contribution is 2.14. The molecule has 0 aliphatic heterocycles. The molecule has 0 unspecified atom stereocenters. The van der Waals surface area contributed by atoms with Crippen molar-refractivity contribution in [1.82, 2.24) is 35.1 Å². The Kier molecular flexibility index (Phi) is 8.06. The maximum atomic E-state index is 10.6. The number of rotatable bonds is 6. The molecule has 9 nitrogen and oxygen atoms in total. The van der Waals surface area contributed by atoms with Gasteiger partial charge in [0.25, 0.3) is 0 Å². The second-order valence-electron chi connectivity index (χ2n) is 5.94. The summed E-state index contributed by atoms with van der Waals surface area (Å²) < 4.78 is 36.3. The minimum absolute atomic E-state index is 0.696. The summed E-state index contributed by atoms with van der Waals surface area (Å²) in [4.78, 5) is 12.9. The van der Waals surface area contributed by atoms with Gasteiger partial charge >= 0.3 is 12.1 Å². The molecule has 0 aliphatic rings. The molecular formula is C17H19BrF3N7O2. The number of aryl methyl sites for hydroxylation is 2. The number of carbonyl (C=O) groups is 1. The van der Waals surface area contributed by atoms with Crippen LogP contribution in [-0.4, -0.2) is 47.0 Å². The van der Waals surface area contributed by atoms with E-state index in [1.54, 1.807) is 12.4 Å². The number of aliphatic carboxylic acids is 1. The van der Waals surface area contributed by atoms with Crippen LogP contribution in [0, 0.1) is 6.92 Å². The third-order valence-electron chi connectivity index (χ3n) is 3.87. The Bertz CT molecular complexity index is 974. The lowest BCUT2D eigenvalue weighted by atomic mass is 10.2. The van der Waals surface area contributed by atoms with Crippen molar-refractivity contribution in [1.29, 1.82) is 0 Å². The van der Waals surface area contributed by atoms with Crippen molar-refractivity contribution in [2.24, 2.45) is 0 Å². The maximum absolute atomic E-state index is 10.6. The molecule has 0 saturated heterocycles. The standard InChI is InChI=1S/C15H18BrN7.C2HF3O2/c1-3-22-14(15(16)19-21-22)9-18-8-12-10-23(20-11(12)2)13-4-6-17-7-5-13;3-2(4,5)1(6)7/h4-7,10,18H,3,8-9H2,1-2H3;(H,6,7). The molecule has 0 aromatic carbocycles. The Balaban J connectivity index is 0.000000396. The van der Waals surface area contributed by atoms with Crippen molar-refractivity contribution in [3.63, 3.8) is 0 Å². The normalized spacial score (nSPS) is 11.1. The van der Waals surface area contributed by atoms with E-state index in [0.717, 1.165) is 40.3 Å². The first-order valence-electron chi connectivity index (χ1n) is 8.67. The average Bonchev–Trinajstić information content (AvgIpc) is 3.25.